The monoisotopic (exact) mass is 733 g/mol. The van der Waals surface area contributed by atoms with Crippen LogP contribution in [0.3, 0.4) is 0 Å². The van der Waals surface area contributed by atoms with Crippen molar-refractivity contribution in [3.63, 3.8) is 0 Å². The highest BCUT2D eigenvalue weighted by Crippen LogP contribution is 2.44. The van der Waals surface area contributed by atoms with E-state index in [9.17, 15) is 0 Å². The Kier molecular flexibility index (Phi) is 7.68. The van der Waals surface area contributed by atoms with Gasteiger partial charge in [0.1, 0.15) is 0 Å². The molecule has 0 aliphatic carbocycles. The number of thiophene rings is 1. The Balaban J connectivity index is 1.04. The van der Waals surface area contributed by atoms with Crippen molar-refractivity contribution in [2.45, 2.75) is 0 Å². The van der Waals surface area contributed by atoms with Gasteiger partial charge in [0, 0.05) is 70.8 Å². The van der Waals surface area contributed by atoms with Gasteiger partial charge in [-0.15, -0.1) is 11.3 Å². The molecule has 264 valence electrons. The summed E-state index contributed by atoms with van der Waals surface area (Å²) >= 11 is 1.88. The Labute approximate surface area is 329 Å². The minimum Gasteiger partial charge on any atom is -0.310 e. The molecule has 0 atom stereocenters. The molecular weight excluding hydrogens is 699 g/mol. The summed E-state index contributed by atoms with van der Waals surface area (Å²) in [6.45, 7) is 0. The molecule has 0 bridgehead atoms. The van der Waals surface area contributed by atoms with E-state index < -0.39 is 0 Å². The number of hydrogen-bond donors (Lipinski definition) is 0. The summed E-state index contributed by atoms with van der Waals surface area (Å²) in [5, 5.41) is 7.68. The number of hydrogen-bond acceptors (Lipinski definition) is 3. The first-order valence-electron chi connectivity index (χ1n) is 19.0. The van der Waals surface area contributed by atoms with E-state index >= 15 is 0 Å². The van der Waals surface area contributed by atoms with Crippen LogP contribution in [0, 0.1) is 0 Å². The molecule has 4 heteroatoms. The molecule has 0 fully saturated rings. The summed E-state index contributed by atoms with van der Waals surface area (Å²) in [6.07, 6.45) is 0. The normalized spacial score (nSPS) is 11.6. The maximum absolute atomic E-state index is 2.38. The highest BCUT2D eigenvalue weighted by atomic mass is 32.1. The molecule has 0 radical (unpaired) electrons. The first-order chi connectivity index (χ1) is 27.8. The molecule has 0 unspecified atom stereocenters. The van der Waals surface area contributed by atoms with E-state index in [0.29, 0.717) is 0 Å². The van der Waals surface area contributed by atoms with Gasteiger partial charge in [-0.25, -0.2) is 0 Å². The Bertz CT molecular complexity index is 3180. The standard InChI is InChI=1S/C52H35N3S/c1-4-15-37(16-5-1)53(42-29-32-46-45-22-12-13-23-49(45)55(50(46)34-42)39-19-8-3-9-20-39)40-25-27-41(28-26-40)54(38-17-6-2-7-18-38)43-30-33-47-48-31-24-36-14-10-11-21-44(36)52(48)56-51(47)35-43/h1-35H. The molecule has 0 aliphatic rings. The highest BCUT2D eigenvalue weighted by Gasteiger charge is 2.19. The number of nitrogens with zero attached hydrogens (tertiary/aromatic N) is 3. The number of rotatable bonds is 7. The van der Waals surface area contributed by atoms with Crippen molar-refractivity contribution in [1.29, 1.82) is 0 Å². The number of aromatic nitrogens is 1. The summed E-state index contributed by atoms with van der Waals surface area (Å²) < 4.78 is 5.01. The quantitative estimate of drug-likeness (QED) is 0.162. The fourth-order valence-corrected chi connectivity index (χ4v) is 9.66. The first kappa shape index (κ1) is 32.3. The Morgan fingerprint density at radius 1 is 0.321 bits per heavy atom. The summed E-state index contributed by atoms with van der Waals surface area (Å²) in [5.74, 6) is 0. The minimum atomic E-state index is 1.08. The molecule has 2 heterocycles. The molecular formula is C52H35N3S. The van der Waals surface area contributed by atoms with Crippen LogP contribution in [0.2, 0.25) is 0 Å². The average molecular weight is 734 g/mol. The summed E-state index contributed by atoms with van der Waals surface area (Å²) in [6, 6.07) is 76.7. The van der Waals surface area contributed by atoms with Crippen molar-refractivity contribution >= 4 is 98.2 Å². The van der Waals surface area contributed by atoms with Crippen molar-refractivity contribution in [2.24, 2.45) is 0 Å². The Morgan fingerprint density at radius 2 is 0.804 bits per heavy atom. The van der Waals surface area contributed by atoms with Gasteiger partial charge in [0.2, 0.25) is 0 Å². The van der Waals surface area contributed by atoms with Crippen LogP contribution in [0.5, 0.6) is 0 Å². The van der Waals surface area contributed by atoms with Gasteiger partial charge >= 0.3 is 0 Å². The van der Waals surface area contributed by atoms with Gasteiger partial charge in [-0.2, -0.15) is 0 Å². The molecule has 2 aromatic heterocycles. The van der Waals surface area contributed by atoms with Gasteiger partial charge in [0.25, 0.3) is 0 Å². The number of anilines is 6. The molecule has 0 spiro atoms. The lowest BCUT2D eigenvalue weighted by atomic mass is 10.1. The van der Waals surface area contributed by atoms with Gasteiger partial charge in [-0.05, 0) is 102 Å². The fourth-order valence-electron chi connectivity index (χ4n) is 8.38. The average Bonchev–Trinajstić information content (AvgIpc) is 3.81. The predicted octanol–water partition coefficient (Wildman–Crippen LogP) is 15.2. The Hall–Kier alpha value is -7.14. The number of fused-ring (bicyclic) bond motifs is 8. The summed E-state index contributed by atoms with van der Waals surface area (Å²) in [4.78, 5) is 4.72. The van der Waals surface area contributed by atoms with Crippen molar-refractivity contribution in [3.8, 4) is 5.69 Å². The minimum absolute atomic E-state index is 1.08. The molecule has 0 amide bonds. The first-order valence-corrected chi connectivity index (χ1v) is 19.8. The topological polar surface area (TPSA) is 11.4 Å². The lowest BCUT2D eigenvalue weighted by Crippen LogP contribution is -2.12. The van der Waals surface area contributed by atoms with Gasteiger partial charge < -0.3 is 14.4 Å². The van der Waals surface area contributed by atoms with Crippen LogP contribution < -0.4 is 9.80 Å². The van der Waals surface area contributed by atoms with E-state index in [2.05, 4.69) is 227 Å². The molecule has 0 N–H and O–H groups in total. The zero-order chi connectivity index (χ0) is 37.0. The molecule has 0 saturated heterocycles. The molecule has 56 heavy (non-hydrogen) atoms. The molecule has 9 aromatic carbocycles. The van der Waals surface area contributed by atoms with E-state index in [1.54, 1.807) is 0 Å². The van der Waals surface area contributed by atoms with Crippen LogP contribution in [0.4, 0.5) is 34.1 Å². The van der Waals surface area contributed by atoms with E-state index in [1.165, 1.54) is 52.8 Å². The number of para-hydroxylation sites is 4. The van der Waals surface area contributed by atoms with Crippen molar-refractivity contribution in [1.82, 2.24) is 4.57 Å². The van der Waals surface area contributed by atoms with Crippen LogP contribution in [0.25, 0.3) is 58.4 Å². The van der Waals surface area contributed by atoms with Crippen LogP contribution >= 0.6 is 11.3 Å². The van der Waals surface area contributed by atoms with E-state index in [-0.39, 0.29) is 0 Å². The van der Waals surface area contributed by atoms with E-state index in [4.69, 9.17) is 0 Å². The summed E-state index contributed by atoms with van der Waals surface area (Å²) in [7, 11) is 0. The molecule has 3 nitrogen and oxygen atoms in total. The smallest absolute Gasteiger partial charge is 0.0561 e. The fraction of sp³-hybridized carbons (Fsp3) is 0. The third-order valence-electron chi connectivity index (χ3n) is 10.9. The second kappa shape index (κ2) is 13.3. The van der Waals surface area contributed by atoms with E-state index in [1.807, 2.05) is 11.3 Å². The third-order valence-corrected chi connectivity index (χ3v) is 12.1. The van der Waals surface area contributed by atoms with Gasteiger partial charge in [0.05, 0.1) is 11.0 Å². The van der Waals surface area contributed by atoms with Crippen molar-refractivity contribution in [2.75, 3.05) is 9.80 Å². The largest absolute Gasteiger partial charge is 0.310 e. The van der Waals surface area contributed by atoms with E-state index in [0.717, 1.165) is 39.8 Å². The lowest BCUT2D eigenvalue weighted by Gasteiger charge is -2.28. The highest BCUT2D eigenvalue weighted by molar-refractivity contribution is 7.26. The maximum Gasteiger partial charge on any atom is 0.0561 e. The van der Waals surface area contributed by atoms with Crippen molar-refractivity contribution < 1.29 is 0 Å². The lowest BCUT2D eigenvalue weighted by molar-refractivity contribution is 1.18. The molecule has 0 aliphatic heterocycles. The second-order valence-electron chi connectivity index (χ2n) is 14.2. The molecule has 11 aromatic rings. The van der Waals surface area contributed by atoms with Gasteiger partial charge in [-0.1, -0.05) is 121 Å². The van der Waals surface area contributed by atoms with Gasteiger partial charge in [0.15, 0.2) is 0 Å². The maximum atomic E-state index is 2.38. The predicted molar refractivity (Wildman–Crippen MR) is 241 cm³/mol. The summed E-state index contributed by atoms with van der Waals surface area (Å²) in [5.41, 5.74) is 10.1. The van der Waals surface area contributed by atoms with Crippen LogP contribution in [0.1, 0.15) is 0 Å². The molecule has 11 rings (SSSR count). The van der Waals surface area contributed by atoms with Gasteiger partial charge in [-0.3, -0.25) is 0 Å². The third kappa shape index (κ3) is 5.34. The van der Waals surface area contributed by atoms with Crippen LogP contribution in [-0.2, 0) is 0 Å². The zero-order valence-corrected chi connectivity index (χ0v) is 31.3. The second-order valence-corrected chi connectivity index (χ2v) is 15.2. The zero-order valence-electron chi connectivity index (χ0n) is 30.5. The van der Waals surface area contributed by atoms with Crippen LogP contribution in [0.15, 0.2) is 212 Å². The SMILES string of the molecule is c1ccc(N(c2ccc(N(c3ccccc3)c3ccc4c5ccccc5n(-c5ccccc5)c4c3)cc2)c2ccc3c(c2)sc2c4ccccc4ccc32)cc1. The number of benzene rings is 9. The Morgan fingerprint density at radius 3 is 1.48 bits per heavy atom. The molecule has 0 saturated carbocycles. The van der Waals surface area contributed by atoms with Crippen LogP contribution in [-0.4, -0.2) is 4.57 Å². The van der Waals surface area contributed by atoms with Crippen molar-refractivity contribution in [3.05, 3.63) is 212 Å².